The molecule has 8 unspecified atom stereocenters. The van der Waals surface area contributed by atoms with Crippen LogP contribution in [0.2, 0.25) is 0 Å². The quantitative estimate of drug-likeness (QED) is 0.583. The summed E-state index contributed by atoms with van der Waals surface area (Å²) in [5.74, 6) is 4.30. The molecule has 4 heteroatoms. The molecule has 0 spiro atoms. The topological polar surface area (TPSA) is 58.2 Å². The van der Waals surface area contributed by atoms with Crippen LogP contribution >= 0.6 is 0 Å². The van der Waals surface area contributed by atoms with E-state index in [4.69, 9.17) is 0 Å². The highest BCUT2D eigenvalue weighted by molar-refractivity contribution is 5.80. The zero-order valence-electron chi connectivity index (χ0n) is 20.2. The summed E-state index contributed by atoms with van der Waals surface area (Å²) in [5, 5.41) is 6.87. The standard InChI is InChI=1S/C28H46N2O2/c31-27(23-15-13-19-7-1-3-9-21(19)17-23)29-25-11-5-6-12-26(25)30-28(32)24-16-14-20-8-2-4-10-22(20)18-24/h19-26H,1-18H2,(H,29,31)(H,30,32). The van der Waals surface area contributed by atoms with Crippen LogP contribution in [-0.2, 0) is 9.59 Å². The molecular formula is C28H46N2O2. The minimum absolute atomic E-state index is 0.135. The van der Waals surface area contributed by atoms with Gasteiger partial charge in [-0.3, -0.25) is 9.59 Å². The van der Waals surface area contributed by atoms with Crippen LogP contribution in [-0.4, -0.2) is 23.9 Å². The van der Waals surface area contributed by atoms with Gasteiger partial charge < -0.3 is 10.6 Å². The zero-order chi connectivity index (χ0) is 21.9. The highest BCUT2D eigenvalue weighted by atomic mass is 16.2. The molecule has 0 aromatic rings. The van der Waals surface area contributed by atoms with Crippen LogP contribution in [0.15, 0.2) is 0 Å². The molecule has 0 heterocycles. The van der Waals surface area contributed by atoms with Crippen molar-refractivity contribution < 1.29 is 9.59 Å². The molecule has 32 heavy (non-hydrogen) atoms. The van der Waals surface area contributed by atoms with Gasteiger partial charge in [0, 0.05) is 23.9 Å². The van der Waals surface area contributed by atoms with Crippen molar-refractivity contribution >= 4 is 11.8 Å². The molecule has 5 fully saturated rings. The molecule has 0 saturated heterocycles. The van der Waals surface area contributed by atoms with Gasteiger partial charge in [-0.1, -0.05) is 64.2 Å². The Labute approximate surface area is 195 Å². The molecule has 5 aliphatic rings. The van der Waals surface area contributed by atoms with Gasteiger partial charge in [-0.25, -0.2) is 0 Å². The molecule has 5 aliphatic carbocycles. The lowest BCUT2D eigenvalue weighted by Gasteiger charge is -2.41. The highest BCUT2D eigenvalue weighted by Gasteiger charge is 2.39. The fourth-order valence-corrected chi connectivity index (χ4v) is 8.30. The molecule has 4 nitrogen and oxygen atoms in total. The molecule has 2 amide bonds. The van der Waals surface area contributed by atoms with Crippen molar-refractivity contribution in [1.82, 2.24) is 10.6 Å². The van der Waals surface area contributed by atoms with Crippen LogP contribution in [0.25, 0.3) is 0 Å². The van der Waals surface area contributed by atoms with E-state index in [1.807, 2.05) is 0 Å². The van der Waals surface area contributed by atoms with Crippen LogP contribution in [0, 0.1) is 35.5 Å². The second kappa shape index (κ2) is 10.5. The van der Waals surface area contributed by atoms with E-state index in [0.29, 0.717) is 0 Å². The van der Waals surface area contributed by atoms with Crippen molar-refractivity contribution in [2.24, 2.45) is 35.5 Å². The number of rotatable bonds is 4. The first-order valence-electron chi connectivity index (χ1n) is 14.3. The first kappa shape index (κ1) is 22.7. The zero-order valence-corrected chi connectivity index (χ0v) is 20.2. The van der Waals surface area contributed by atoms with Gasteiger partial charge in [0.2, 0.25) is 11.8 Å². The van der Waals surface area contributed by atoms with Crippen LogP contribution in [0.1, 0.15) is 116 Å². The van der Waals surface area contributed by atoms with Crippen LogP contribution in [0.3, 0.4) is 0 Å². The predicted molar refractivity (Wildman–Crippen MR) is 128 cm³/mol. The van der Waals surface area contributed by atoms with Gasteiger partial charge in [0.05, 0.1) is 0 Å². The van der Waals surface area contributed by atoms with E-state index in [9.17, 15) is 9.59 Å². The van der Waals surface area contributed by atoms with Crippen molar-refractivity contribution in [3.8, 4) is 0 Å². The first-order chi connectivity index (χ1) is 15.7. The van der Waals surface area contributed by atoms with Gasteiger partial charge in [-0.2, -0.15) is 0 Å². The number of fused-ring (bicyclic) bond motifs is 2. The van der Waals surface area contributed by atoms with Gasteiger partial charge in [-0.05, 0) is 75.0 Å². The molecule has 0 aliphatic heterocycles. The summed E-state index contributed by atoms with van der Waals surface area (Å²) in [6.07, 6.45) is 22.1. The molecule has 180 valence electrons. The Morgan fingerprint density at radius 2 is 0.812 bits per heavy atom. The summed E-state index contributed by atoms with van der Waals surface area (Å²) in [7, 11) is 0. The predicted octanol–water partition coefficient (Wildman–Crippen LogP) is 5.74. The lowest BCUT2D eigenvalue weighted by molar-refractivity contribution is -0.131. The van der Waals surface area contributed by atoms with Crippen molar-refractivity contribution in [2.75, 3.05) is 0 Å². The monoisotopic (exact) mass is 442 g/mol. The fraction of sp³-hybridized carbons (Fsp3) is 0.929. The molecule has 0 aromatic heterocycles. The molecule has 0 bridgehead atoms. The van der Waals surface area contributed by atoms with Crippen LogP contribution < -0.4 is 10.6 Å². The van der Waals surface area contributed by atoms with E-state index in [2.05, 4.69) is 10.6 Å². The van der Waals surface area contributed by atoms with E-state index in [0.717, 1.165) is 62.2 Å². The maximum Gasteiger partial charge on any atom is 0.223 e. The van der Waals surface area contributed by atoms with Gasteiger partial charge in [0.25, 0.3) is 0 Å². The normalized spacial score (nSPS) is 42.2. The fourth-order valence-electron chi connectivity index (χ4n) is 8.30. The molecule has 5 saturated carbocycles. The summed E-state index contributed by atoms with van der Waals surface area (Å²) >= 11 is 0. The lowest BCUT2D eigenvalue weighted by Crippen LogP contribution is -2.55. The number of amides is 2. The summed E-state index contributed by atoms with van der Waals surface area (Å²) < 4.78 is 0. The van der Waals surface area contributed by atoms with E-state index < -0.39 is 0 Å². The van der Waals surface area contributed by atoms with Crippen molar-refractivity contribution in [2.45, 2.75) is 128 Å². The number of carbonyl (C=O) groups is 2. The third-order valence-electron chi connectivity index (χ3n) is 10.2. The number of hydrogen-bond donors (Lipinski definition) is 2. The van der Waals surface area contributed by atoms with E-state index >= 15 is 0 Å². The molecule has 0 aromatic carbocycles. The number of carbonyl (C=O) groups excluding carboxylic acids is 2. The molecular weight excluding hydrogens is 396 g/mol. The Balaban J connectivity index is 1.13. The van der Waals surface area contributed by atoms with Crippen LogP contribution in [0.5, 0.6) is 0 Å². The van der Waals surface area contributed by atoms with Crippen molar-refractivity contribution in [3.05, 3.63) is 0 Å². The average molecular weight is 443 g/mol. The van der Waals surface area contributed by atoms with Crippen LogP contribution in [0.4, 0.5) is 0 Å². The Hall–Kier alpha value is -1.06. The molecule has 8 atom stereocenters. The van der Waals surface area contributed by atoms with E-state index in [1.54, 1.807) is 0 Å². The molecule has 5 rings (SSSR count). The largest absolute Gasteiger partial charge is 0.351 e. The van der Waals surface area contributed by atoms with Gasteiger partial charge in [-0.15, -0.1) is 0 Å². The van der Waals surface area contributed by atoms with Gasteiger partial charge in [0.1, 0.15) is 0 Å². The SMILES string of the molecule is O=C(NC1CCCCC1NC(=O)C1CCC2CCCCC2C1)C1CCC2CCCCC2C1. The van der Waals surface area contributed by atoms with Gasteiger partial charge in [0.15, 0.2) is 0 Å². The molecule has 2 N–H and O–H groups in total. The summed E-state index contributed by atoms with van der Waals surface area (Å²) in [4.78, 5) is 26.4. The maximum absolute atomic E-state index is 13.2. The summed E-state index contributed by atoms with van der Waals surface area (Å²) in [6, 6.07) is 0.269. The minimum atomic E-state index is 0.135. The van der Waals surface area contributed by atoms with Crippen molar-refractivity contribution in [1.29, 1.82) is 0 Å². The third-order valence-corrected chi connectivity index (χ3v) is 10.2. The van der Waals surface area contributed by atoms with Gasteiger partial charge >= 0.3 is 0 Å². The second-order valence-corrected chi connectivity index (χ2v) is 12.1. The Kier molecular flexibility index (Phi) is 7.43. The van der Waals surface area contributed by atoms with E-state index in [-0.39, 0.29) is 35.7 Å². The smallest absolute Gasteiger partial charge is 0.223 e. The Morgan fingerprint density at radius 1 is 0.438 bits per heavy atom. The third kappa shape index (κ3) is 5.20. The second-order valence-electron chi connectivity index (χ2n) is 12.1. The maximum atomic E-state index is 13.2. The molecule has 0 radical (unpaired) electrons. The highest BCUT2D eigenvalue weighted by Crippen LogP contribution is 2.44. The number of nitrogens with one attached hydrogen (secondary N) is 2. The minimum Gasteiger partial charge on any atom is -0.351 e. The summed E-state index contributed by atoms with van der Waals surface area (Å²) in [5.41, 5.74) is 0. The Bertz CT molecular complexity index is 608. The summed E-state index contributed by atoms with van der Waals surface area (Å²) in [6.45, 7) is 0. The lowest BCUT2D eigenvalue weighted by atomic mass is 9.67. The number of hydrogen-bond acceptors (Lipinski definition) is 2. The Morgan fingerprint density at radius 3 is 1.25 bits per heavy atom. The van der Waals surface area contributed by atoms with Crippen molar-refractivity contribution in [3.63, 3.8) is 0 Å². The first-order valence-corrected chi connectivity index (χ1v) is 14.3. The van der Waals surface area contributed by atoms with E-state index in [1.165, 1.54) is 77.0 Å². The average Bonchev–Trinajstić information content (AvgIpc) is 2.84.